The molecule has 1 fully saturated rings. The molecule has 0 bridgehead atoms. The van der Waals surface area contributed by atoms with E-state index in [2.05, 4.69) is 24.2 Å². The smallest absolute Gasteiger partial charge is 0.219 e. The van der Waals surface area contributed by atoms with Crippen LogP contribution in [0.3, 0.4) is 0 Å². The molecule has 0 aliphatic carbocycles. The van der Waals surface area contributed by atoms with E-state index in [0.29, 0.717) is 6.42 Å². The molecule has 0 aromatic rings. The summed E-state index contributed by atoms with van der Waals surface area (Å²) in [5.74, 6) is 0.707. The molecule has 0 aromatic carbocycles. The van der Waals surface area contributed by atoms with Gasteiger partial charge in [-0.3, -0.25) is 9.79 Å². The summed E-state index contributed by atoms with van der Waals surface area (Å²) in [7, 11) is 0. The monoisotopic (exact) mass is 215 g/mol. The Morgan fingerprint density at radius 3 is 2.86 bits per heavy atom. The lowest BCUT2D eigenvalue weighted by molar-refractivity contribution is -0.118. The maximum absolute atomic E-state index is 10.6. The molecule has 1 unspecified atom stereocenters. The molecule has 1 atom stereocenters. The van der Waals surface area contributed by atoms with Crippen molar-refractivity contribution in [1.82, 2.24) is 5.32 Å². The zero-order valence-electron chi connectivity index (χ0n) is 8.83. The molecule has 0 radical (unpaired) electrons. The molecular formula is C9H17N3OS. The highest BCUT2D eigenvalue weighted by atomic mass is 32.2. The quantitative estimate of drug-likeness (QED) is 0.729. The van der Waals surface area contributed by atoms with E-state index < -0.39 is 0 Å². The average molecular weight is 215 g/mol. The molecule has 0 spiro atoms. The highest BCUT2D eigenvalue weighted by molar-refractivity contribution is 8.14. The maximum atomic E-state index is 10.6. The fourth-order valence-corrected chi connectivity index (χ4v) is 2.39. The van der Waals surface area contributed by atoms with E-state index in [1.807, 2.05) is 6.92 Å². The van der Waals surface area contributed by atoms with E-state index in [4.69, 9.17) is 5.73 Å². The molecule has 14 heavy (non-hydrogen) atoms. The number of nitrogens with one attached hydrogen (secondary N) is 1. The predicted molar refractivity (Wildman–Crippen MR) is 60.4 cm³/mol. The minimum atomic E-state index is -0.302. The lowest BCUT2D eigenvalue weighted by Crippen LogP contribution is -2.37. The standard InChI is InChI=1S/C9H17N3OS/c1-6(4-7(10)13)11-8-12-9(2,3)5-14-8/h6H,4-5H2,1-3H3,(H2,10,13)(H,11,12). The Kier molecular flexibility index (Phi) is 3.42. The minimum absolute atomic E-state index is 0.0311. The molecule has 1 amide bonds. The van der Waals surface area contributed by atoms with Gasteiger partial charge in [-0.05, 0) is 20.8 Å². The summed E-state index contributed by atoms with van der Waals surface area (Å²) in [5, 5.41) is 4.22. The number of hydrogen-bond acceptors (Lipinski definition) is 3. The fraction of sp³-hybridized carbons (Fsp3) is 0.778. The number of rotatable bonds is 3. The number of carbonyl (C=O) groups excluding carboxylic acids is 1. The molecule has 1 heterocycles. The zero-order valence-corrected chi connectivity index (χ0v) is 9.65. The van der Waals surface area contributed by atoms with Crippen molar-refractivity contribution in [1.29, 1.82) is 0 Å². The first-order valence-electron chi connectivity index (χ1n) is 4.66. The van der Waals surface area contributed by atoms with E-state index in [0.717, 1.165) is 10.9 Å². The van der Waals surface area contributed by atoms with Gasteiger partial charge in [-0.1, -0.05) is 11.8 Å². The molecule has 1 rings (SSSR count). The number of amides is 1. The summed E-state index contributed by atoms with van der Waals surface area (Å²) in [6.45, 7) is 6.15. The van der Waals surface area contributed by atoms with Crippen molar-refractivity contribution in [3.63, 3.8) is 0 Å². The van der Waals surface area contributed by atoms with Crippen LogP contribution in [0.4, 0.5) is 0 Å². The maximum Gasteiger partial charge on any atom is 0.219 e. The van der Waals surface area contributed by atoms with Gasteiger partial charge in [0.2, 0.25) is 5.91 Å². The third-order valence-corrected chi connectivity index (χ3v) is 3.20. The minimum Gasteiger partial charge on any atom is -0.370 e. The van der Waals surface area contributed by atoms with Crippen molar-refractivity contribution in [2.75, 3.05) is 5.75 Å². The van der Waals surface area contributed by atoms with Crippen molar-refractivity contribution >= 4 is 22.8 Å². The van der Waals surface area contributed by atoms with Gasteiger partial charge in [0.05, 0.1) is 6.04 Å². The van der Waals surface area contributed by atoms with Gasteiger partial charge in [0.15, 0.2) is 5.17 Å². The van der Waals surface area contributed by atoms with Gasteiger partial charge in [-0.15, -0.1) is 0 Å². The number of thioether (sulfide) groups is 1. The number of carbonyl (C=O) groups is 1. The topological polar surface area (TPSA) is 67.5 Å². The molecule has 1 aliphatic heterocycles. The van der Waals surface area contributed by atoms with Crippen molar-refractivity contribution in [2.45, 2.75) is 38.8 Å². The van der Waals surface area contributed by atoms with Crippen LogP contribution < -0.4 is 11.1 Å². The molecule has 4 nitrogen and oxygen atoms in total. The second-order valence-electron chi connectivity index (χ2n) is 4.25. The van der Waals surface area contributed by atoms with E-state index in [1.54, 1.807) is 11.8 Å². The lowest BCUT2D eigenvalue weighted by Gasteiger charge is -2.16. The number of nitrogens with zero attached hydrogens (tertiary/aromatic N) is 1. The molecule has 0 aromatic heterocycles. The first-order valence-corrected chi connectivity index (χ1v) is 5.65. The fourth-order valence-electron chi connectivity index (χ4n) is 1.22. The third-order valence-electron chi connectivity index (χ3n) is 1.85. The second-order valence-corrected chi connectivity index (χ2v) is 5.22. The normalized spacial score (nSPS) is 24.6. The Morgan fingerprint density at radius 1 is 1.79 bits per heavy atom. The molecule has 1 aliphatic rings. The molecule has 80 valence electrons. The Bertz CT molecular complexity index is 263. The molecular weight excluding hydrogens is 198 g/mol. The van der Waals surface area contributed by atoms with Gasteiger partial charge in [0.25, 0.3) is 0 Å². The number of primary amides is 1. The van der Waals surface area contributed by atoms with Crippen LogP contribution in [0.2, 0.25) is 0 Å². The van der Waals surface area contributed by atoms with Crippen LogP contribution in [0.5, 0.6) is 0 Å². The van der Waals surface area contributed by atoms with Crippen LogP contribution in [0.15, 0.2) is 4.99 Å². The number of nitrogens with two attached hydrogens (primary N) is 1. The predicted octanol–water partition coefficient (Wildman–Crippen LogP) is 0.721. The van der Waals surface area contributed by atoms with Gasteiger partial charge in [-0.25, -0.2) is 0 Å². The summed E-state index contributed by atoms with van der Waals surface area (Å²) in [6, 6.07) is -0.0311. The summed E-state index contributed by atoms with van der Waals surface area (Å²) in [6.07, 6.45) is 0.312. The summed E-state index contributed by atoms with van der Waals surface area (Å²) >= 11 is 1.69. The van der Waals surface area contributed by atoms with Crippen LogP contribution in [0.25, 0.3) is 0 Å². The summed E-state index contributed by atoms with van der Waals surface area (Å²) in [4.78, 5) is 15.0. The van der Waals surface area contributed by atoms with E-state index in [1.165, 1.54) is 0 Å². The highest BCUT2D eigenvalue weighted by Crippen LogP contribution is 2.22. The molecule has 1 saturated heterocycles. The van der Waals surface area contributed by atoms with Crippen molar-refractivity contribution < 1.29 is 4.79 Å². The van der Waals surface area contributed by atoms with Gasteiger partial charge < -0.3 is 11.1 Å². The van der Waals surface area contributed by atoms with Gasteiger partial charge >= 0.3 is 0 Å². The van der Waals surface area contributed by atoms with Gasteiger partial charge in [-0.2, -0.15) is 0 Å². The van der Waals surface area contributed by atoms with Crippen molar-refractivity contribution in [3.05, 3.63) is 0 Å². The Balaban J connectivity index is 2.49. The van der Waals surface area contributed by atoms with Gasteiger partial charge in [0.1, 0.15) is 0 Å². The van der Waals surface area contributed by atoms with E-state index >= 15 is 0 Å². The molecule has 3 N–H and O–H groups in total. The van der Waals surface area contributed by atoms with Crippen molar-refractivity contribution in [3.8, 4) is 0 Å². The van der Waals surface area contributed by atoms with Crippen LogP contribution in [0.1, 0.15) is 27.2 Å². The number of amidine groups is 1. The Labute approximate surface area is 88.7 Å². The second kappa shape index (κ2) is 4.21. The number of hydrogen-bond donors (Lipinski definition) is 2. The number of aliphatic imine (C=N–C) groups is 1. The largest absolute Gasteiger partial charge is 0.370 e. The van der Waals surface area contributed by atoms with E-state index in [-0.39, 0.29) is 17.5 Å². The summed E-state index contributed by atoms with van der Waals surface area (Å²) in [5.41, 5.74) is 5.19. The lowest BCUT2D eigenvalue weighted by atomic mass is 10.1. The third kappa shape index (κ3) is 3.57. The van der Waals surface area contributed by atoms with Gasteiger partial charge in [0, 0.05) is 17.7 Å². The SMILES string of the molecule is CC(CC(N)=O)N=C1NC(C)(C)CS1. The van der Waals surface area contributed by atoms with Crippen LogP contribution in [0, 0.1) is 0 Å². The highest BCUT2D eigenvalue weighted by Gasteiger charge is 2.27. The van der Waals surface area contributed by atoms with Crippen molar-refractivity contribution in [2.24, 2.45) is 10.7 Å². The zero-order chi connectivity index (χ0) is 10.8. The summed E-state index contributed by atoms with van der Waals surface area (Å²) < 4.78 is 0. The van der Waals surface area contributed by atoms with Crippen LogP contribution >= 0.6 is 11.8 Å². The molecule has 0 saturated carbocycles. The Morgan fingerprint density at radius 2 is 2.43 bits per heavy atom. The van der Waals surface area contributed by atoms with Crippen LogP contribution in [-0.2, 0) is 4.79 Å². The van der Waals surface area contributed by atoms with Crippen LogP contribution in [-0.4, -0.2) is 28.4 Å². The first-order chi connectivity index (χ1) is 6.39. The average Bonchev–Trinajstić information content (AvgIpc) is 2.27. The molecule has 5 heteroatoms. The Hall–Kier alpha value is -0.710. The first kappa shape index (κ1) is 11.4. The van der Waals surface area contributed by atoms with E-state index in [9.17, 15) is 4.79 Å².